The highest BCUT2D eigenvalue weighted by Gasteiger charge is 2.40. The predicted molar refractivity (Wildman–Crippen MR) is 59.4 cm³/mol. The Morgan fingerprint density at radius 1 is 1.60 bits per heavy atom. The molecule has 1 fully saturated rings. The maximum atomic E-state index is 11.5. The number of ether oxygens (including phenoxy) is 1. The first-order chi connectivity index (χ1) is 7.01. The van der Waals surface area contributed by atoms with Gasteiger partial charge in [0.15, 0.2) is 0 Å². The number of hydrogen-bond acceptors (Lipinski definition) is 3. The van der Waals surface area contributed by atoms with Crippen LogP contribution in [0.4, 0.5) is 0 Å². The van der Waals surface area contributed by atoms with Gasteiger partial charge in [-0.25, -0.2) is 0 Å². The molecule has 0 bridgehead atoms. The average molecular weight is 214 g/mol. The van der Waals surface area contributed by atoms with Crippen molar-refractivity contribution in [3.8, 4) is 0 Å². The molecule has 2 N–H and O–H groups in total. The summed E-state index contributed by atoms with van der Waals surface area (Å²) in [5.74, 6) is 0.468. The third kappa shape index (κ3) is 2.92. The molecular formula is C11H22N2O2. The molecule has 1 aliphatic rings. The molecule has 0 unspecified atom stereocenters. The van der Waals surface area contributed by atoms with Crippen LogP contribution in [0.5, 0.6) is 0 Å². The summed E-state index contributed by atoms with van der Waals surface area (Å²) in [6.07, 6.45) is 0. The van der Waals surface area contributed by atoms with Gasteiger partial charge in [0.2, 0.25) is 5.91 Å². The Kier molecular flexibility index (Phi) is 4.11. The Morgan fingerprint density at radius 2 is 2.27 bits per heavy atom. The summed E-state index contributed by atoms with van der Waals surface area (Å²) < 4.78 is 5.45. The molecule has 88 valence electrons. The van der Waals surface area contributed by atoms with Crippen molar-refractivity contribution in [1.82, 2.24) is 4.90 Å². The van der Waals surface area contributed by atoms with Crippen molar-refractivity contribution in [3.63, 3.8) is 0 Å². The number of amides is 1. The van der Waals surface area contributed by atoms with E-state index < -0.39 is 0 Å². The third-order valence-electron chi connectivity index (χ3n) is 3.19. The van der Waals surface area contributed by atoms with Crippen molar-refractivity contribution in [2.24, 2.45) is 17.1 Å². The Hall–Kier alpha value is -0.610. The number of nitrogens with zero attached hydrogens (tertiary/aromatic N) is 1. The molecule has 0 aliphatic carbocycles. The number of nitrogens with two attached hydrogens (primary N) is 1. The van der Waals surface area contributed by atoms with Crippen LogP contribution in [0, 0.1) is 11.3 Å². The normalized spacial score (nSPS) is 24.5. The van der Waals surface area contributed by atoms with Crippen molar-refractivity contribution in [3.05, 3.63) is 0 Å². The van der Waals surface area contributed by atoms with Crippen molar-refractivity contribution < 1.29 is 9.53 Å². The average Bonchev–Trinajstić information content (AvgIpc) is 2.49. The van der Waals surface area contributed by atoms with Gasteiger partial charge in [-0.2, -0.15) is 0 Å². The molecule has 1 heterocycles. The van der Waals surface area contributed by atoms with E-state index in [0.717, 1.165) is 26.3 Å². The summed E-state index contributed by atoms with van der Waals surface area (Å²) in [7, 11) is 0. The molecule has 0 aromatic heterocycles. The zero-order valence-electron chi connectivity index (χ0n) is 9.95. The van der Waals surface area contributed by atoms with Gasteiger partial charge < -0.3 is 15.4 Å². The van der Waals surface area contributed by atoms with Gasteiger partial charge >= 0.3 is 0 Å². The lowest BCUT2D eigenvalue weighted by molar-refractivity contribution is -0.129. The fourth-order valence-corrected chi connectivity index (χ4v) is 2.06. The second-order valence-electron chi connectivity index (χ2n) is 4.82. The Balaban J connectivity index is 2.55. The van der Waals surface area contributed by atoms with Gasteiger partial charge in [-0.3, -0.25) is 4.79 Å². The topological polar surface area (TPSA) is 55.6 Å². The molecular weight excluding hydrogens is 192 g/mol. The standard InChI is InChI=1S/C11H22N2O2/c1-4-15-7-9-6-13(10(14)5-12)8-11(9,2)3/h9H,4-8,12H2,1-3H3/t9-/m0/s1. The highest BCUT2D eigenvalue weighted by Crippen LogP contribution is 2.35. The second-order valence-corrected chi connectivity index (χ2v) is 4.82. The smallest absolute Gasteiger partial charge is 0.236 e. The van der Waals surface area contributed by atoms with E-state index in [2.05, 4.69) is 13.8 Å². The van der Waals surface area contributed by atoms with E-state index in [1.165, 1.54) is 0 Å². The molecule has 0 aromatic carbocycles. The van der Waals surface area contributed by atoms with E-state index >= 15 is 0 Å². The van der Waals surface area contributed by atoms with E-state index in [4.69, 9.17) is 10.5 Å². The lowest BCUT2D eigenvalue weighted by atomic mass is 9.83. The summed E-state index contributed by atoms with van der Waals surface area (Å²) in [6, 6.07) is 0. The van der Waals surface area contributed by atoms with Crippen LogP contribution in [0.25, 0.3) is 0 Å². The molecule has 1 atom stereocenters. The van der Waals surface area contributed by atoms with Crippen molar-refractivity contribution >= 4 is 5.91 Å². The molecule has 15 heavy (non-hydrogen) atoms. The third-order valence-corrected chi connectivity index (χ3v) is 3.19. The van der Waals surface area contributed by atoms with Crippen LogP contribution >= 0.6 is 0 Å². The van der Waals surface area contributed by atoms with E-state index in [0.29, 0.717) is 5.92 Å². The first kappa shape index (κ1) is 12.5. The molecule has 0 radical (unpaired) electrons. The van der Waals surface area contributed by atoms with E-state index in [-0.39, 0.29) is 17.9 Å². The maximum absolute atomic E-state index is 11.5. The monoisotopic (exact) mass is 214 g/mol. The lowest BCUT2D eigenvalue weighted by Gasteiger charge is -2.24. The fourth-order valence-electron chi connectivity index (χ4n) is 2.06. The first-order valence-electron chi connectivity index (χ1n) is 5.57. The number of rotatable bonds is 4. The molecule has 1 saturated heterocycles. The van der Waals surface area contributed by atoms with E-state index in [9.17, 15) is 4.79 Å². The van der Waals surface area contributed by atoms with Gasteiger partial charge in [0.1, 0.15) is 0 Å². The summed E-state index contributed by atoms with van der Waals surface area (Å²) in [5, 5.41) is 0. The number of likely N-dealkylation sites (tertiary alicyclic amines) is 1. The summed E-state index contributed by atoms with van der Waals surface area (Å²) in [6.45, 7) is 9.50. The molecule has 1 rings (SSSR count). The van der Waals surface area contributed by atoms with Crippen molar-refractivity contribution in [1.29, 1.82) is 0 Å². The quantitative estimate of drug-likeness (QED) is 0.740. The highest BCUT2D eigenvalue weighted by atomic mass is 16.5. The second kappa shape index (κ2) is 4.94. The SMILES string of the molecule is CCOC[C@@H]1CN(C(=O)CN)CC1(C)C. The van der Waals surface area contributed by atoms with E-state index in [1.807, 2.05) is 11.8 Å². The number of carbonyl (C=O) groups is 1. The van der Waals surface area contributed by atoms with E-state index in [1.54, 1.807) is 0 Å². The van der Waals surface area contributed by atoms with Gasteiger partial charge in [-0.15, -0.1) is 0 Å². The first-order valence-corrected chi connectivity index (χ1v) is 5.57. The molecule has 0 aromatic rings. The highest BCUT2D eigenvalue weighted by molar-refractivity contribution is 5.78. The zero-order valence-corrected chi connectivity index (χ0v) is 9.95. The van der Waals surface area contributed by atoms with Crippen LogP contribution in [0.15, 0.2) is 0 Å². The van der Waals surface area contributed by atoms with Crippen molar-refractivity contribution in [2.75, 3.05) is 32.8 Å². The van der Waals surface area contributed by atoms with Crippen LogP contribution in [-0.2, 0) is 9.53 Å². The predicted octanol–water partition coefficient (Wildman–Crippen LogP) is 0.466. The van der Waals surface area contributed by atoms with Crippen LogP contribution in [0.2, 0.25) is 0 Å². The van der Waals surface area contributed by atoms with Gasteiger partial charge in [0.05, 0.1) is 13.2 Å². The number of carbonyl (C=O) groups excluding carboxylic acids is 1. The largest absolute Gasteiger partial charge is 0.381 e. The molecule has 0 saturated carbocycles. The molecule has 1 aliphatic heterocycles. The number of hydrogen-bond donors (Lipinski definition) is 1. The van der Waals surface area contributed by atoms with Crippen molar-refractivity contribution in [2.45, 2.75) is 20.8 Å². The van der Waals surface area contributed by atoms with Crippen LogP contribution in [0.3, 0.4) is 0 Å². The summed E-state index contributed by atoms with van der Waals surface area (Å²) in [4.78, 5) is 13.3. The Labute approximate surface area is 91.8 Å². The van der Waals surface area contributed by atoms with Gasteiger partial charge in [-0.1, -0.05) is 13.8 Å². The molecule has 1 amide bonds. The minimum atomic E-state index is 0.0436. The van der Waals surface area contributed by atoms with Crippen LogP contribution in [0.1, 0.15) is 20.8 Å². The zero-order chi connectivity index (χ0) is 11.5. The summed E-state index contributed by atoms with van der Waals surface area (Å²) in [5.41, 5.74) is 5.50. The van der Waals surface area contributed by atoms with Gasteiger partial charge in [-0.05, 0) is 12.3 Å². The lowest BCUT2D eigenvalue weighted by Crippen LogP contribution is -2.35. The molecule has 4 heteroatoms. The van der Waals surface area contributed by atoms with Crippen LogP contribution in [-0.4, -0.2) is 43.7 Å². The fraction of sp³-hybridized carbons (Fsp3) is 0.909. The maximum Gasteiger partial charge on any atom is 0.236 e. The summed E-state index contributed by atoms with van der Waals surface area (Å²) >= 11 is 0. The minimum absolute atomic E-state index is 0.0436. The van der Waals surface area contributed by atoms with Gasteiger partial charge in [0.25, 0.3) is 0 Å². The molecule has 0 spiro atoms. The van der Waals surface area contributed by atoms with Crippen LogP contribution < -0.4 is 5.73 Å². The Bertz CT molecular complexity index is 229. The minimum Gasteiger partial charge on any atom is -0.381 e. The Morgan fingerprint density at radius 3 is 2.80 bits per heavy atom. The van der Waals surface area contributed by atoms with Gasteiger partial charge in [0, 0.05) is 25.6 Å². The molecule has 4 nitrogen and oxygen atoms in total.